The second-order valence-corrected chi connectivity index (χ2v) is 5.70. The van der Waals surface area contributed by atoms with Gasteiger partial charge in [0.25, 0.3) is 0 Å². The number of halogens is 3. The third kappa shape index (κ3) is 5.30. The molecule has 0 fully saturated rings. The zero-order valence-electron chi connectivity index (χ0n) is 14.1. The van der Waals surface area contributed by atoms with Crippen LogP contribution in [0.15, 0.2) is 35.1 Å². The smallest absolute Gasteiger partial charge is 0.475 e. The van der Waals surface area contributed by atoms with Gasteiger partial charge in [-0.25, -0.2) is 9.78 Å². The molecule has 0 unspecified atom stereocenters. The number of hydrogen-bond acceptors (Lipinski definition) is 5. The quantitative estimate of drug-likeness (QED) is 0.758. The highest BCUT2D eigenvalue weighted by Crippen LogP contribution is 2.13. The van der Waals surface area contributed by atoms with Crippen molar-refractivity contribution >= 4 is 11.6 Å². The zero-order valence-corrected chi connectivity index (χ0v) is 14.1. The van der Waals surface area contributed by atoms with Gasteiger partial charge < -0.3 is 14.0 Å². The third-order valence-electron chi connectivity index (χ3n) is 3.25. The van der Waals surface area contributed by atoms with Crippen LogP contribution in [0.3, 0.4) is 0 Å². The van der Waals surface area contributed by atoms with Gasteiger partial charge in [-0.15, -0.1) is 0 Å². The highest BCUT2D eigenvalue weighted by atomic mass is 19.4. The first kappa shape index (κ1) is 19.4. The van der Waals surface area contributed by atoms with Crippen molar-refractivity contribution in [3.8, 4) is 0 Å². The van der Waals surface area contributed by atoms with Gasteiger partial charge in [0.2, 0.25) is 5.89 Å². The molecule has 0 saturated carbocycles. The average Bonchev–Trinajstić information content (AvgIpc) is 3.19. The Morgan fingerprint density at radius 1 is 1.27 bits per heavy atom. The van der Waals surface area contributed by atoms with Crippen molar-refractivity contribution in [1.29, 1.82) is 0 Å². The van der Waals surface area contributed by atoms with Crippen LogP contribution in [0.4, 0.5) is 13.2 Å². The van der Waals surface area contributed by atoms with Crippen LogP contribution >= 0.6 is 0 Å². The summed E-state index contributed by atoms with van der Waals surface area (Å²) in [7, 11) is 0. The molecule has 0 aliphatic carbocycles. The van der Waals surface area contributed by atoms with Crippen molar-refractivity contribution in [1.82, 2.24) is 19.5 Å². The van der Waals surface area contributed by atoms with E-state index in [-0.39, 0.29) is 0 Å². The molecule has 3 aromatic rings. The second-order valence-electron chi connectivity index (χ2n) is 5.70. The predicted octanol–water partition coefficient (Wildman–Crippen LogP) is 3.26. The molecular formula is C16H17F3N4O3. The Balaban J connectivity index is 0.000000298. The van der Waals surface area contributed by atoms with E-state index in [0.717, 1.165) is 30.0 Å². The Kier molecular flexibility index (Phi) is 5.96. The molecule has 0 aliphatic heterocycles. The molecule has 3 heterocycles. The predicted molar refractivity (Wildman–Crippen MR) is 84.7 cm³/mol. The summed E-state index contributed by atoms with van der Waals surface area (Å²) in [6.07, 6.45) is 0.482. The van der Waals surface area contributed by atoms with Crippen LogP contribution in [-0.2, 0) is 17.6 Å². The first-order chi connectivity index (χ1) is 12.2. The summed E-state index contributed by atoms with van der Waals surface area (Å²) in [6.45, 7) is 4.10. The summed E-state index contributed by atoms with van der Waals surface area (Å²) >= 11 is 0. The Bertz CT molecular complexity index is 838. The number of imidazole rings is 1. The molecule has 10 heteroatoms. The Morgan fingerprint density at radius 2 is 1.96 bits per heavy atom. The molecular weight excluding hydrogens is 353 g/mol. The van der Waals surface area contributed by atoms with Crippen LogP contribution < -0.4 is 0 Å². The minimum absolute atomic E-state index is 0.299. The first-order valence-corrected chi connectivity index (χ1v) is 7.72. The highest BCUT2D eigenvalue weighted by Gasteiger charge is 2.38. The molecule has 0 amide bonds. The SMILES string of the molecule is CC(C)c1noc(CCc2cn3ccccc3n2)n1.O=C(O)C(F)(F)F. The summed E-state index contributed by atoms with van der Waals surface area (Å²) in [6, 6.07) is 5.97. The van der Waals surface area contributed by atoms with Gasteiger partial charge in [0.15, 0.2) is 5.82 Å². The van der Waals surface area contributed by atoms with E-state index >= 15 is 0 Å². The number of carbonyl (C=O) groups is 1. The van der Waals surface area contributed by atoms with Gasteiger partial charge in [0.05, 0.1) is 5.69 Å². The molecule has 7 nitrogen and oxygen atoms in total. The van der Waals surface area contributed by atoms with Crippen molar-refractivity contribution in [3.05, 3.63) is 48.0 Å². The van der Waals surface area contributed by atoms with E-state index < -0.39 is 12.1 Å². The number of aryl methyl sites for hydroxylation is 2. The molecule has 3 aromatic heterocycles. The molecule has 0 spiro atoms. The standard InChI is InChI=1S/C14H16N4O.C2HF3O2/c1-10(2)14-16-13(19-17-14)7-6-11-9-18-8-4-3-5-12(18)15-11;3-2(4,5)1(6)7/h3-5,8-10H,6-7H2,1-2H3;(H,6,7). The Labute approximate surface area is 146 Å². The highest BCUT2D eigenvalue weighted by molar-refractivity contribution is 5.73. The third-order valence-corrected chi connectivity index (χ3v) is 3.25. The number of aliphatic carboxylic acids is 1. The molecule has 0 aliphatic rings. The number of carboxylic acids is 1. The lowest BCUT2D eigenvalue weighted by Gasteiger charge is -1.93. The van der Waals surface area contributed by atoms with Gasteiger partial charge in [0.1, 0.15) is 5.65 Å². The summed E-state index contributed by atoms with van der Waals surface area (Å²) in [5.41, 5.74) is 2.00. The lowest BCUT2D eigenvalue weighted by Crippen LogP contribution is -2.21. The van der Waals surface area contributed by atoms with E-state index in [2.05, 4.69) is 29.0 Å². The molecule has 0 saturated heterocycles. The fourth-order valence-corrected chi connectivity index (χ4v) is 1.95. The van der Waals surface area contributed by atoms with E-state index in [0.29, 0.717) is 11.8 Å². The molecule has 1 N–H and O–H groups in total. The summed E-state index contributed by atoms with van der Waals surface area (Å²) in [5, 5.41) is 11.1. The number of rotatable bonds is 4. The number of nitrogens with zero attached hydrogens (tertiary/aromatic N) is 4. The van der Waals surface area contributed by atoms with Gasteiger partial charge in [0, 0.05) is 24.7 Å². The number of fused-ring (bicyclic) bond motifs is 1. The van der Waals surface area contributed by atoms with E-state index in [4.69, 9.17) is 14.4 Å². The van der Waals surface area contributed by atoms with Crippen LogP contribution in [0.1, 0.15) is 37.2 Å². The van der Waals surface area contributed by atoms with Crippen LogP contribution in [0.2, 0.25) is 0 Å². The minimum atomic E-state index is -5.08. The van der Waals surface area contributed by atoms with Gasteiger partial charge >= 0.3 is 12.1 Å². The van der Waals surface area contributed by atoms with E-state index in [1.165, 1.54) is 0 Å². The monoisotopic (exact) mass is 370 g/mol. The van der Waals surface area contributed by atoms with E-state index in [1.807, 2.05) is 35.0 Å². The normalized spacial score (nSPS) is 11.5. The number of pyridine rings is 1. The summed E-state index contributed by atoms with van der Waals surface area (Å²) < 4.78 is 39.0. The maximum atomic E-state index is 10.6. The topological polar surface area (TPSA) is 93.5 Å². The number of aromatic nitrogens is 4. The van der Waals surface area contributed by atoms with Gasteiger partial charge in [-0.3, -0.25) is 0 Å². The molecule has 0 bridgehead atoms. The largest absolute Gasteiger partial charge is 0.490 e. The van der Waals surface area contributed by atoms with Crippen molar-refractivity contribution in [2.45, 2.75) is 38.8 Å². The van der Waals surface area contributed by atoms with Crippen molar-refractivity contribution < 1.29 is 27.6 Å². The summed E-state index contributed by atoms with van der Waals surface area (Å²) in [4.78, 5) is 17.8. The van der Waals surface area contributed by atoms with Crippen LogP contribution in [0.25, 0.3) is 5.65 Å². The fourth-order valence-electron chi connectivity index (χ4n) is 1.95. The fraction of sp³-hybridized carbons (Fsp3) is 0.375. The number of carboxylic acid groups (broad SMARTS) is 1. The molecule has 26 heavy (non-hydrogen) atoms. The average molecular weight is 370 g/mol. The van der Waals surface area contributed by atoms with Crippen LogP contribution in [0.5, 0.6) is 0 Å². The molecule has 0 radical (unpaired) electrons. The van der Waals surface area contributed by atoms with Crippen LogP contribution in [0, 0.1) is 0 Å². The molecule has 3 rings (SSSR count). The number of alkyl halides is 3. The van der Waals surface area contributed by atoms with E-state index in [9.17, 15) is 13.2 Å². The second kappa shape index (κ2) is 7.98. The molecule has 0 aromatic carbocycles. The lowest BCUT2D eigenvalue weighted by atomic mass is 10.2. The summed E-state index contributed by atoms with van der Waals surface area (Å²) in [5.74, 6) is -1.01. The molecule has 0 atom stereocenters. The molecule has 140 valence electrons. The minimum Gasteiger partial charge on any atom is -0.475 e. The van der Waals surface area contributed by atoms with Gasteiger partial charge in [-0.1, -0.05) is 25.1 Å². The number of hydrogen-bond donors (Lipinski definition) is 1. The zero-order chi connectivity index (χ0) is 19.3. The Morgan fingerprint density at radius 3 is 2.50 bits per heavy atom. The maximum Gasteiger partial charge on any atom is 0.490 e. The van der Waals surface area contributed by atoms with Crippen molar-refractivity contribution in [3.63, 3.8) is 0 Å². The lowest BCUT2D eigenvalue weighted by molar-refractivity contribution is -0.192. The van der Waals surface area contributed by atoms with Crippen LogP contribution in [-0.4, -0.2) is 36.8 Å². The maximum absolute atomic E-state index is 10.6. The Hall–Kier alpha value is -2.91. The van der Waals surface area contributed by atoms with Crippen molar-refractivity contribution in [2.75, 3.05) is 0 Å². The van der Waals surface area contributed by atoms with Gasteiger partial charge in [-0.2, -0.15) is 18.2 Å². The van der Waals surface area contributed by atoms with Crippen molar-refractivity contribution in [2.24, 2.45) is 0 Å². The first-order valence-electron chi connectivity index (χ1n) is 7.72. The van der Waals surface area contributed by atoms with E-state index in [1.54, 1.807) is 0 Å². The van der Waals surface area contributed by atoms with Gasteiger partial charge in [-0.05, 0) is 18.6 Å².